The van der Waals surface area contributed by atoms with Gasteiger partial charge in [-0.05, 0) is 19.1 Å². The summed E-state index contributed by atoms with van der Waals surface area (Å²) in [6, 6.07) is 2.40. The Kier molecular flexibility index (Phi) is 5.31. The van der Waals surface area contributed by atoms with Crippen LogP contribution in [0.4, 0.5) is 18.9 Å². The Morgan fingerprint density at radius 1 is 1.29 bits per heavy atom. The van der Waals surface area contributed by atoms with Gasteiger partial charge in [-0.2, -0.15) is 13.2 Å². The third kappa shape index (κ3) is 3.68. The SMILES string of the molecule is CS(=O)c1ccc(NC(=O)[C@@](C)(O)C(F)(F)F)c(Cl)c1Cl. The van der Waals surface area contributed by atoms with Crippen molar-refractivity contribution in [3.8, 4) is 0 Å². The Morgan fingerprint density at radius 3 is 2.24 bits per heavy atom. The smallest absolute Gasteiger partial charge is 0.373 e. The standard InChI is InChI=1S/C11H10Cl2F3NO3S/c1-10(19,11(14,15)16)9(18)17-5-3-4-6(21(2)20)8(13)7(5)12/h3-4,19H,1-2H3,(H,17,18)/t10-,21?/m1/s1. The first kappa shape index (κ1) is 18.2. The van der Waals surface area contributed by atoms with Crippen molar-refractivity contribution in [2.75, 3.05) is 11.6 Å². The lowest BCUT2D eigenvalue weighted by atomic mass is 10.1. The molecule has 1 rings (SSSR count). The second-order valence-corrected chi connectivity index (χ2v) is 6.32. The van der Waals surface area contributed by atoms with E-state index in [9.17, 15) is 27.3 Å². The number of amides is 1. The fraction of sp³-hybridized carbons (Fsp3) is 0.364. The number of alkyl halides is 3. The van der Waals surface area contributed by atoms with Crippen LogP contribution in [0.2, 0.25) is 10.0 Å². The summed E-state index contributed by atoms with van der Waals surface area (Å²) in [5.74, 6) is -1.71. The van der Waals surface area contributed by atoms with E-state index in [1.54, 1.807) is 0 Å². The first-order valence-electron chi connectivity index (χ1n) is 5.31. The predicted molar refractivity (Wildman–Crippen MR) is 74.1 cm³/mol. The molecule has 0 aliphatic heterocycles. The van der Waals surface area contributed by atoms with E-state index >= 15 is 0 Å². The van der Waals surface area contributed by atoms with Crippen molar-refractivity contribution in [3.63, 3.8) is 0 Å². The van der Waals surface area contributed by atoms with Crippen LogP contribution in [0.3, 0.4) is 0 Å². The summed E-state index contributed by atoms with van der Waals surface area (Å²) in [6.07, 6.45) is -3.82. The van der Waals surface area contributed by atoms with Gasteiger partial charge in [0.2, 0.25) is 5.60 Å². The van der Waals surface area contributed by atoms with E-state index in [0.717, 1.165) is 6.07 Å². The monoisotopic (exact) mass is 363 g/mol. The van der Waals surface area contributed by atoms with Crippen LogP contribution in [-0.4, -0.2) is 33.3 Å². The molecule has 0 saturated carbocycles. The number of halogens is 5. The molecule has 0 aliphatic carbocycles. The zero-order valence-corrected chi connectivity index (χ0v) is 13.0. The Labute approximate surface area is 130 Å². The summed E-state index contributed by atoms with van der Waals surface area (Å²) < 4.78 is 48.9. The van der Waals surface area contributed by atoms with Crippen LogP contribution < -0.4 is 5.32 Å². The molecular weight excluding hydrogens is 354 g/mol. The molecule has 0 heterocycles. The molecule has 1 aromatic carbocycles. The van der Waals surface area contributed by atoms with E-state index < -0.39 is 28.5 Å². The van der Waals surface area contributed by atoms with Crippen molar-refractivity contribution in [2.24, 2.45) is 0 Å². The summed E-state index contributed by atoms with van der Waals surface area (Å²) in [5, 5.41) is 10.6. The maximum atomic E-state index is 12.5. The molecule has 1 amide bonds. The second-order valence-electron chi connectivity index (χ2n) is 4.22. The van der Waals surface area contributed by atoms with Gasteiger partial charge >= 0.3 is 6.18 Å². The van der Waals surface area contributed by atoms with Gasteiger partial charge in [0.25, 0.3) is 5.91 Å². The summed E-state index contributed by atoms with van der Waals surface area (Å²) in [7, 11) is -1.46. The molecule has 0 saturated heterocycles. The number of anilines is 1. The van der Waals surface area contributed by atoms with Crippen LogP contribution in [0.15, 0.2) is 17.0 Å². The molecule has 4 nitrogen and oxygen atoms in total. The molecule has 118 valence electrons. The van der Waals surface area contributed by atoms with E-state index in [0.29, 0.717) is 6.92 Å². The number of hydrogen-bond donors (Lipinski definition) is 2. The molecule has 2 atom stereocenters. The number of benzene rings is 1. The summed E-state index contributed by atoms with van der Waals surface area (Å²) in [5.41, 5.74) is -3.82. The molecule has 0 aromatic heterocycles. The second kappa shape index (κ2) is 6.12. The van der Waals surface area contributed by atoms with Gasteiger partial charge in [0.05, 0.1) is 31.4 Å². The molecule has 0 radical (unpaired) electrons. The molecular formula is C11H10Cl2F3NO3S. The van der Waals surface area contributed by atoms with Gasteiger partial charge in [-0.3, -0.25) is 9.00 Å². The van der Waals surface area contributed by atoms with Crippen LogP contribution in [0.1, 0.15) is 6.92 Å². The number of aliphatic hydroxyl groups is 1. The van der Waals surface area contributed by atoms with Gasteiger partial charge in [-0.15, -0.1) is 0 Å². The van der Waals surface area contributed by atoms with Gasteiger partial charge in [0, 0.05) is 6.26 Å². The van der Waals surface area contributed by atoms with E-state index in [1.165, 1.54) is 12.3 Å². The minimum absolute atomic E-state index is 0.151. The number of rotatable bonds is 3. The third-order valence-corrected chi connectivity index (χ3v) is 4.55. The summed E-state index contributed by atoms with van der Waals surface area (Å²) >= 11 is 11.6. The van der Waals surface area contributed by atoms with Gasteiger partial charge in [0.1, 0.15) is 0 Å². The lowest BCUT2D eigenvalue weighted by Gasteiger charge is -2.25. The van der Waals surface area contributed by atoms with Crippen LogP contribution in [0.25, 0.3) is 0 Å². The molecule has 0 bridgehead atoms. The van der Waals surface area contributed by atoms with E-state index in [-0.39, 0.29) is 20.6 Å². The predicted octanol–water partition coefficient (Wildman–Crippen LogP) is 2.98. The fourth-order valence-corrected chi connectivity index (χ4v) is 2.60. The van der Waals surface area contributed by atoms with Crippen LogP contribution in [-0.2, 0) is 15.6 Å². The third-order valence-electron chi connectivity index (χ3n) is 2.60. The van der Waals surface area contributed by atoms with Crippen molar-refractivity contribution in [3.05, 3.63) is 22.2 Å². The number of nitrogens with one attached hydrogen (secondary N) is 1. The van der Waals surface area contributed by atoms with Crippen LogP contribution >= 0.6 is 23.2 Å². The highest BCUT2D eigenvalue weighted by Gasteiger charge is 2.55. The molecule has 21 heavy (non-hydrogen) atoms. The van der Waals surface area contributed by atoms with E-state index in [1.807, 2.05) is 5.32 Å². The zero-order valence-electron chi connectivity index (χ0n) is 10.7. The minimum Gasteiger partial charge on any atom is -0.373 e. The van der Waals surface area contributed by atoms with Crippen molar-refractivity contribution in [1.29, 1.82) is 0 Å². The Balaban J connectivity index is 3.14. The molecule has 2 N–H and O–H groups in total. The van der Waals surface area contributed by atoms with E-state index in [2.05, 4.69) is 0 Å². The summed E-state index contributed by atoms with van der Waals surface area (Å²) in [4.78, 5) is 11.7. The fourth-order valence-electron chi connectivity index (χ4n) is 1.22. The Bertz CT molecular complexity index is 605. The number of carbonyl (C=O) groups is 1. The molecule has 1 unspecified atom stereocenters. The maximum absolute atomic E-state index is 12.5. The maximum Gasteiger partial charge on any atom is 0.426 e. The normalized spacial score (nSPS) is 16.2. The molecule has 0 aliphatic rings. The Hall–Kier alpha value is -0.830. The highest BCUT2D eigenvalue weighted by molar-refractivity contribution is 7.84. The van der Waals surface area contributed by atoms with Crippen molar-refractivity contribution in [2.45, 2.75) is 23.6 Å². The molecule has 0 fully saturated rings. The number of hydrogen-bond acceptors (Lipinski definition) is 3. The molecule has 10 heteroatoms. The zero-order chi connectivity index (χ0) is 16.6. The largest absolute Gasteiger partial charge is 0.426 e. The number of carbonyl (C=O) groups excluding carboxylic acids is 1. The van der Waals surface area contributed by atoms with Crippen molar-refractivity contribution < 1.29 is 27.3 Å². The Morgan fingerprint density at radius 2 is 1.81 bits per heavy atom. The lowest BCUT2D eigenvalue weighted by Crippen LogP contribution is -2.52. The average molecular weight is 364 g/mol. The van der Waals surface area contributed by atoms with Gasteiger partial charge in [-0.1, -0.05) is 23.2 Å². The average Bonchev–Trinajstić information content (AvgIpc) is 2.33. The topological polar surface area (TPSA) is 66.4 Å². The lowest BCUT2D eigenvalue weighted by molar-refractivity contribution is -0.242. The van der Waals surface area contributed by atoms with Crippen molar-refractivity contribution in [1.82, 2.24) is 0 Å². The highest BCUT2D eigenvalue weighted by atomic mass is 35.5. The van der Waals surface area contributed by atoms with Gasteiger partial charge in [-0.25, -0.2) is 0 Å². The molecule has 0 spiro atoms. The van der Waals surface area contributed by atoms with Gasteiger partial charge < -0.3 is 10.4 Å². The summed E-state index contributed by atoms with van der Waals surface area (Å²) in [6.45, 7) is 0.313. The molecule has 1 aromatic rings. The first-order valence-corrected chi connectivity index (χ1v) is 7.63. The van der Waals surface area contributed by atoms with Gasteiger partial charge in [0.15, 0.2) is 0 Å². The highest BCUT2D eigenvalue weighted by Crippen LogP contribution is 2.36. The quantitative estimate of drug-likeness (QED) is 0.867. The first-order chi connectivity index (χ1) is 9.39. The van der Waals surface area contributed by atoms with Crippen LogP contribution in [0, 0.1) is 0 Å². The van der Waals surface area contributed by atoms with Crippen LogP contribution in [0.5, 0.6) is 0 Å². The van der Waals surface area contributed by atoms with Crippen molar-refractivity contribution >= 4 is 45.6 Å². The minimum atomic E-state index is -5.15. The van der Waals surface area contributed by atoms with E-state index in [4.69, 9.17) is 23.2 Å².